The molecule has 2 rings (SSSR count). The fourth-order valence-electron chi connectivity index (χ4n) is 2.35. The molecule has 29 heavy (non-hydrogen) atoms. The largest absolute Gasteiger partial charge is 0.477 e. The van der Waals surface area contributed by atoms with Crippen LogP contribution < -0.4 is 15.8 Å². The molecule has 0 bridgehead atoms. The molecule has 0 aliphatic carbocycles. The van der Waals surface area contributed by atoms with Crippen LogP contribution >= 0.6 is 11.3 Å². The second-order valence-corrected chi connectivity index (χ2v) is 6.57. The highest BCUT2D eigenvalue weighted by atomic mass is 32.1. The van der Waals surface area contributed by atoms with Gasteiger partial charge in [0.1, 0.15) is 10.8 Å². The van der Waals surface area contributed by atoms with Gasteiger partial charge in [-0.2, -0.15) is 0 Å². The number of carbonyl (C=O) groups excluding carboxylic acids is 3. The minimum atomic E-state index is -0.800. The summed E-state index contributed by atoms with van der Waals surface area (Å²) in [7, 11) is 0. The summed E-state index contributed by atoms with van der Waals surface area (Å²) in [6.07, 6.45) is 0. The van der Waals surface area contributed by atoms with Crippen molar-refractivity contribution in [2.45, 2.75) is 13.8 Å². The van der Waals surface area contributed by atoms with Crippen LogP contribution in [0.2, 0.25) is 0 Å². The summed E-state index contributed by atoms with van der Waals surface area (Å²) in [4.78, 5) is 46.2. The third kappa shape index (κ3) is 5.04. The van der Waals surface area contributed by atoms with Crippen LogP contribution in [0, 0.1) is 22.9 Å². The van der Waals surface area contributed by atoms with Gasteiger partial charge >= 0.3 is 11.7 Å². The van der Waals surface area contributed by atoms with Gasteiger partial charge in [0.25, 0.3) is 11.8 Å². The molecule has 1 heterocycles. The molecule has 0 saturated heterocycles. The highest BCUT2D eigenvalue weighted by Gasteiger charge is 2.26. The topological polar surface area (TPSA) is 151 Å². The Labute approximate surface area is 167 Å². The SMILES string of the molecule is CCOC(=O)c1c(NC(=O)COc2cc(F)ccc2[N+](=O)[O-])sc(C(N)=O)c1C. The molecule has 12 heteroatoms. The maximum atomic E-state index is 13.3. The highest BCUT2D eigenvalue weighted by molar-refractivity contribution is 7.18. The summed E-state index contributed by atoms with van der Waals surface area (Å²) in [6.45, 7) is 2.42. The van der Waals surface area contributed by atoms with E-state index in [1.165, 1.54) is 6.92 Å². The molecule has 0 aliphatic heterocycles. The number of esters is 1. The summed E-state index contributed by atoms with van der Waals surface area (Å²) >= 11 is 0.778. The number of ether oxygens (including phenoxy) is 2. The number of nitrogens with two attached hydrogens (primary N) is 1. The van der Waals surface area contributed by atoms with Crippen LogP contribution in [0.3, 0.4) is 0 Å². The van der Waals surface area contributed by atoms with E-state index in [1.54, 1.807) is 6.92 Å². The van der Waals surface area contributed by atoms with Gasteiger partial charge in [-0.1, -0.05) is 0 Å². The van der Waals surface area contributed by atoms with Crippen molar-refractivity contribution in [3.8, 4) is 5.75 Å². The standard InChI is InChI=1S/C17H16FN3O7S/c1-3-27-17(24)13-8(2)14(15(19)23)29-16(13)20-12(22)7-28-11-6-9(18)4-5-10(11)21(25)26/h4-6H,3,7H2,1-2H3,(H2,19,23)(H,20,22). The monoisotopic (exact) mass is 425 g/mol. The first-order valence-corrected chi connectivity index (χ1v) is 8.94. The minimum Gasteiger partial charge on any atom is -0.477 e. The first-order chi connectivity index (χ1) is 13.6. The zero-order valence-corrected chi connectivity index (χ0v) is 16.1. The number of primary amides is 1. The Kier molecular flexibility index (Phi) is 6.83. The molecule has 2 aromatic rings. The van der Waals surface area contributed by atoms with Gasteiger partial charge in [0, 0.05) is 12.1 Å². The van der Waals surface area contributed by atoms with Crippen molar-refractivity contribution in [1.29, 1.82) is 0 Å². The molecule has 0 radical (unpaired) electrons. The number of halogens is 1. The number of anilines is 1. The predicted molar refractivity (Wildman–Crippen MR) is 101 cm³/mol. The van der Waals surface area contributed by atoms with Gasteiger partial charge in [-0.3, -0.25) is 19.7 Å². The average molecular weight is 425 g/mol. The van der Waals surface area contributed by atoms with E-state index in [2.05, 4.69) is 5.32 Å². The molecule has 1 aromatic heterocycles. The van der Waals surface area contributed by atoms with Crippen molar-refractivity contribution in [2.24, 2.45) is 5.73 Å². The van der Waals surface area contributed by atoms with Crippen molar-refractivity contribution >= 4 is 39.8 Å². The molecule has 0 atom stereocenters. The zero-order valence-electron chi connectivity index (χ0n) is 15.3. The van der Waals surface area contributed by atoms with Crippen LogP contribution in [0.4, 0.5) is 15.1 Å². The molecule has 0 unspecified atom stereocenters. The van der Waals surface area contributed by atoms with Crippen LogP contribution in [-0.4, -0.2) is 35.9 Å². The molecule has 10 nitrogen and oxygen atoms in total. The molecule has 154 valence electrons. The summed E-state index contributed by atoms with van der Waals surface area (Å²) in [5, 5.41) is 13.4. The van der Waals surface area contributed by atoms with E-state index in [-0.39, 0.29) is 27.6 Å². The maximum Gasteiger partial charge on any atom is 0.341 e. The van der Waals surface area contributed by atoms with Gasteiger partial charge in [-0.15, -0.1) is 11.3 Å². The molecular formula is C17H16FN3O7S. The second-order valence-electron chi connectivity index (χ2n) is 5.55. The lowest BCUT2D eigenvalue weighted by Crippen LogP contribution is -2.21. The third-order valence-corrected chi connectivity index (χ3v) is 4.80. The van der Waals surface area contributed by atoms with Gasteiger partial charge in [0.05, 0.1) is 22.0 Å². The Morgan fingerprint density at radius 2 is 2.03 bits per heavy atom. The molecule has 0 saturated carbocycles. The molecule has 2 amide bonds. The number of nitro groups is 1. The lowest BCUT2D eigenvalue weighted by Gasteiger charge is -2.09. The Bertz CT molecular complexity index is 990. The number of nitrogens with one attached hydrogen (secondary N) is 1. The van der Waals surface area contributed by atoms with Crippen molar-refractivity contribution < 1.29 is 33.2 Å². The lowest BCUT2D eigenvalue weighted by molar-refractivity contribution is -0.385. The number of hydrogen-bond donors (Lipinski definition) is 2. The van der Waals surface area contributed by atoms with Gasteiger partial charge in [0.15, 0.2) is 6.61 Å². The number of benzene rings is 1. The number of amides is 2. The number of carbonyl (C=O) groups is 3. The third-order valence-electron chi connectivity index (χ3n) is 3.58. The van der Waals surface area contributed by atoms with Crippen molar-refractivity contribution in [2.75, 3.05) is 18.5 Å². The van der Waals surface area contributed by atoms with Gasteiger partial charge in [-0.25, -0.2) is 9.18 Å². The molecule has 3 N–H and O–H groups in total. The Morgan fingerprint density at radius 1 is 1.34 bits per heavy atom. The van der Waals surface area contributed by atoms with E-state index in [1.807, 2.05) is 0 Å². The number of hydrogen-bond acceptors (Lipinski definition) is 8. The molecule has 0 spiro atoms. The summed E-state index contributed by atoms with van der Waals surface area (Å²) in [5.41, 5.74) is 4.98. The van der Waals surface area contributed by atoms with Crippen molar-refractivity contribution in [3.05, 3.63) is 50.1 Å². The minimum absolute atomic E-state index is 0.0112. The number of rotatable bonds is 8. The van der Waals surface area contributed by atoms with E-state index in [0.717, 1.165) is 29.5 Å². The zero-order chi connectivity index (χ0) is 21.7. The highest BCUT2D eigenvalue weighted by Crippen LogP contribution is 2.33. The summed E-state index contributed by atoms with van der Waals surface area (Å²) in [6, 6.07) is 2.57. The number of nitrogens with zero attached hydrogens (tertiary/aromatic N) is 1. The van der Waals surface area contributed by atoms with Crippen LogP contribution in [0.5, 0.6) is 5.75 Å². The van der Waals surface area contributed by atoms with E-state index < -0.39 is 46.6 Å². The molecule has 0 aliphatic rings. The normalized spacial score (nSPS) is 10.3. The van der Waals surface area contributed by atoms with Crippen LogP contribution in [-0.2, 0) is 9.53 Å². The molecule has 0 fully saturated rings. The second kappa shape index (κ2) is 9.10. The van der Waals surface area contributed by atoms with Gasteiger partial charge in [0.2, 0.25) is 5.75 Å². The Morgan fingerprint density at radius 3 is 2.62 bits per heavy atom. The summed E-state index contributed by atoms with van der Waals surface area (Å²) < 4.78 is 23.3. The van der Waals surface area contributed by atoms with E-state index in [9.17, 15) is 28.9 Å². The van der Waals surface area contributed by atoms with Crippen LogP contribution in [0.1, 0.15) is 32.5 Å². The van der Waals surface area contributed by atoms with Gasteiger partial charge in [-0.05, 0) is 25.5 Å². The Hall–Kier alpha value is -3.54. The van der Waals surface area contributed by atoms with Crippen molar-refractivity contribution in [1.82, 2.24) is 0 Å². The number of thiophene rings is 1. The maximum absolute atomic E-state index is 13.3. The fourth-order valence-corrected chi connectivity index (χ4v) is 3.41. The molecular weight excluding hydrogens is 409 g/mol. The smallest absolute Gasteiger partial charge is 0.341 e. The van der Waals surface area contributed by atoms with Crippen LogP contribution in [0.25, 0.3) is 0 Å². The van der Waals surface area contributed by atoms with Gasteiger partial charge < -0.3 is 20.5 Å². The Balaban J connectivity index is 2.22. The first kappa shape index (κ1) is 21.8. The van der Waals surface area contributed by atoms with Crippen molar-refractivity contribution in [3.63, 3.8) is 0 Å². The first-order valence-electron chi connectivity index (χ1n) is 8.12. The average Bonchev–Trinajstić information content (AvgIpc) is 2.96. The lowest BCUT2D eigenvalue weighted by atomic mass is 10.1. The summed E-state index contributed by atoms with van der Waals surface area (Å²) in [5.74, 6) is -3.56. The molecule has 1 aromatic carbocycles. The predicted octanol–water partition coefficient (Wildman–Crippen LogP) is 2.40. The van der Waals surface area contributed by atoms with E-state index in [4.69, 9.17) is 15.2 Å². The van der Waals surface area contributed by atoms with E-state index >= 15 is 0 Å². The number of nitro benzene ring substituents is 1. The quantitative estimate of drug-likeness (QED) is 0.374. The fraction of sp³-hybridized carbons (Fsp3) is 0.235. The van der Waals surface area contributed by atoms with E-state index in [0.29, 0.717) is 0 Å². The van der Waals surface area contributed by atoms with Crippen LogP contribution in [0.15, 0.2) is 18.2 Å².